The van der Waals surface area contributed by atoms with E-state index in [1.54, 1.807) is 23.1 Å². The fourth-order valence-electron chi connectivity index (χ4n) is 3.65. The molecular formula is C22H22Cl2FN7O. The maximum Gasteiger partial charge on any atom is 0.177 e. The third-order valence-corrected chi connectivity index (χ3v) is 5.85. The average Bonchev–Trinajstić information content (AvgIpc) is 2.72. The molecule has 8 nitrogen and oxygen atoms in total. The van der Waals surface area contributed by atoms with Gasteiger partial charge in [0.1, 0.15) is 5.75 Å². The number of hydrogen-bond acceptors (Lipinski definition) is 8. The second-order valence-corrected chi connectivity index (χ2v) is 9.03. The summed E-state index contributed by atoms with van der Waals surface area (Å²) in [6.45, 7) is 2.91. The highest BCUT2D eigenvalue weighted by atomic mass is 35.5. The Bertz CT molecular complexity index is 1210. The van der Waals surface area contributed by atoms with E-state index < -0.39 is 12.0 Å². The standard InChI is InChI=1S/C22H22Cl2FN7O/c1-22(29)9-32(10-22)21-16(25)4-11(6-31-21)19(27)13-5-12(2-3-17(13)26)33-20(28)18-14(23)7-30-8-15(18)24/h2-8,20,27H,9-10,26,28-29H2,1H3/t20-/m0/s1. The highest BCUT2D eigenvalue weighted by Gasteiger charge is 2.37. The molecule has 11 heteroatoms. The number of ether oxygens (including phenoxy) is 1. The number of nitrogens with one attached hydrogen (secondary N) is 1. The number of anilines is 2. The summed E-state index contributed by atoms with van der Waals surface area (Å²) in [7, 11) is 0. The van der Waals surface area contributed by atoms with Crippen molar-refractivity contribution in [2.45, 2.75) is 18.7 Å². The van der Waals surface area contributed by atoms with E-state index in [2.05, 4.69) is 9.97 Å². The van der Waals surface area contributed by atoms with E-state index in [1.165, 1.54) is 24.7 Å². The normalized spacial score (nSPS) is 15.6. The molecule has 1 aliphatic rings. The van der Waals surface area contributed by atoms with Crippen molar-refractivity contribution in [1.29, 1.82) is 5.41 Å². The number of aromatic nitrogens is 2. The highest BCUT2D eigenvalue weighted by molar-refractivity contribution is 6.35. The molecule has 1 aliphatic heterocycles. The Morgan fingerprint density at radius 2 is 1.88 bits per heavy atom. The van der Waals surface area contributed by atoms with Crippen LogP contribution in [-0.4, -0.2) is 34.3 Å². The summed E-state index contributed by atoms with van der Waals surface area (Å²) in [5, 5.41) is 9.08. The van der Waals surface area contributed by atoms with Gasteiger partial charge in [-0.3, -0.25) is 16.1 Å². The van der Waals surface area contributed by atoms with Gasteiger partial charge in [-0.1, -0.05) is 23.2 Å². The Balaban J connectivity index is 1.56. The topological polar surface area (TPSA) is 140 Å². The molecule has 1 atom stereocenters. The number of nitrogens with two attached hydrogens (primary N) is 3. The van der Waals surface area contributed by atoms with Crippen LogP contribution >= 0.6 is 23.2 Å². The maximum absolute atomic E-state index is 14.7. The molecule has 0 amide bonds. The molecule has 7 N–H and O–H groups in total. The first kappa shape index (κ1) is 23.2. The Labute approximate surface area is 200 Å². The third kappa shape index (κ3) is 4.72. The van der Waals surface area contributed by atoms with Gasteiger partial charge in [0.25, 0.3) is 0 Å². The lowest BCUT2D eigenvalue weighted by Gasteiger charge is -2.46. The summed E-state index contributed by atoms with van der Waals surface area (Å²) in [5.41, 5.74) is 19.1. The molecule has 1 saturated heterocycles. The minimum absolute atomic E-state index is 0.0169. The van der Waals surface area contributed by atoms with Gasteiger partial charge in [0.2, 0.25) is 0 Å². The predicted octanol–water partition coefficient (Wildman–Crippen LogP) is 3.49. The number of rotatable bonds is 6. The van der Waals surface area contributed by atoms with Gasteiger partial charge in [-0.2, -0.15) is 0 Å². The summed E-state index contributed by atoms with van der Waals surface area (Å²) < 4.78 is 20.5. The molecule has 172 valence electrons. The molecule has 1 fully saturated rings. The largest absolute Gasteiger partial charge is 0.471 e. The molecule has 0 aliphatic carbocycles. The smallest absolute Gasteiger partial charge is 0.177 e. The van der Waals surface area contributed by atoms with Crippen LogP contribution < -0.4 is 26.8 Å². The minimum atomic E-state index is -0.984. The number of nitrogens with zero attached hydrogens (tertiary/aromatic N) is 3. The molecule has 0 radical (unpaired) electrons. The van der Waals surface area contributed by atoms with Crippen LogP contribution in [0.25, 0.3) is 0 Å². The molecule has 0 bridgehead atoms. The van der Waals surface area contributed by atoms with Crippen LogP contribution in [0.2, 0.25) is 10.0 Å². The van der Waals surface area contributed by atoms with Crippen LogP contribution in [-0.2, 0) is 0 Å². The molecule has 0 unspecified atom stereocenters. The van der Waals surface area contributed by atoms with Crippen LogP contribution in [0.5, 0.6) is 5.75 Å². The van der Waals surface area contributed by atoms with Crippen molar-refractivity contribution in [3.8, 4) is 5.75 Å². The molecular weight excluding hydrogens is 468 g/mol. The van der Waals surface area contributed by atoms with E-state index >= 15 is 0 Å². The van der Waals surface area contributed by atoms with Gasteiger partial charge in [-0.25, -0.2) is 9.37 Å². The Kier molecular flexibility index (Phi) is 6.15. The van der Waals surface area contributed by atoms with E-state index in [0.29, 0.717) is 35.7 Å². The molecule has 3 aromatic rings. The first-order valence-corrected chi connectivity index (χ1v) is 10.7. The summed E-state index contributed by atoms with van der Waals surface area (Å²) in [6, 6.07) is 5.97. The van der Waals surface area contributed by atoms with Gasteiger partial charge in [0, 0.05) is 59.6 Å². The highest BCUT2D eigenvalue weighted by Crippen LogP contribution is 2.32. The Morgan fingerprint density at radius 1 is 1.21 bits per heavy atom. The summed E-state index contributed by atoms with van der Waals surface area (Å²) >= 11 is 12.3. The van der Waals surface area contributed by atoms with Crippen LogP contribution in [0.3, 0.4) is 0 Å². The Morgan fingerprint density at radius 3 is 2.48 bits per heavy atom. The number of benzene rings is 1. The van der Waals surface area contributed by atoms with Crippen LogP contribution in [0, 0.1) is 11.2 Å². The lowest BCUT2D eigenvalue weighted by Crippen LogP contribution is -2.66. The number of nitrogen functional groups attached to an aromatic ring is 1. The van der Waals surface area contributed by atoms with Crippen LogP contribution in [0.4, 0.5) is 15.9 Å². The van der Waals surface area contributed by atoms with Crippen molar-refractivity contribution in [2.24, 2.45) is 11.5 Å². The molecule has 2 aromatic heterocycles. The number of halogens is 3. The van der Waals surface area contributed by atoms with E-state index in [0.717, 1.165) is 0 Å². The van der Waals surface area contributed by atoms with Crippen molar-refractivity contribution in [3.63, 3.8) is 0 Å². The average molecular weight is 490 g/mol. The van der Waals surface area contributed by atoms with Gasteiger partial charge in [0.05, 0.1) is 15.8 Å². The van der Waals surface area contributed by atoms with Gasteiger partial charge >= 0.3 is 0 Å². The number of hydrogen-bond donors (Lipinski definition) is 4. The number of pyridine rings is 2. The molecule has 1 aromatic carbocycles. The van der Waals surface area contributed by atoms with Crippen molar-refractivity contribution >= 4 is 40.4 Å². The SMILES string of the molecule is CC1(N)CN(c2ncc(C(=N)c3cc(O[C@H](N)c4c(Cl)cncc4Cl)ccc3N)cc2F)C1. The molecule has 0 saturated carbocycles. The molecule has 4 rings (SSSR count). The van der Waals surface area contributed by atoms with Gasteiger partial charge < -0.3 is 21.1 Å². The third-order valence-electron chi connectivity index (χ3n) is 5.25. The zero-order chi connectivity index (χ0) is 23.9. The molecule has 33 heavy (non-hydrogen) atoms. The molecule has 3 heterocycles. The minimum Gasteiger partial charge on any atom is -0.471 e. The monoisotopic (exact) mass is 489 g/mol. The van der Waals surface area contributed by atoms with Crippen LogP contribution in [0.1, 0.15) is 29.8 Å². The van der Waals surface area contributed by atoms with Crippen molar-refractivity contribution in [1.82, 2.24) is 9.97 Å². The summed E-state index contributed by atoms with van der Waals surface area (Å²) in [4.78, 5) is 9.84. The zero-order valence-corrected chi connectivity index (χ0v) is 19.2. The van der Waals surface area contributed by atoms with Crippen molar-refractivity contribution in [2.75, 3.05) is 23.7 Å². The Hall–Kier alpha value is -2.98. The second-order valence-electron chi connectivity index (χ2n) is 8.22. The summed E-state index contributed by atoms with van der Waals surface area (Å²) in [6.07, 6.45) is 3.27. The van der Waals surface area contributed by atoms with E-state index in [1.807, 2.05) is 6.92 Å². The lowest BCUT2D eigenvalue weighted by molar-refractivity contribution is 0.214. The van der Waals surface area contributed by atoms with Gasteiger partial charge in [0.15, 0.2) is 17.9 Å². The fraction of sp³-hybridized carbons (Fsp3) is 0.227. The van der Waals surface area contributed by atoms with Gasteiger partial charge in [-0.15, -0.1) is 0 Å². The quantitative estimate of drug-likeness (QED) is 0.236. The first-order chi connectivity index (χ1) is 15.6. The fourth-order valence-corrected chi connectivity index (χ4v) is 4.23. The predicted molar refractivity (Wildman–Crippen MR) is 128 cm³/mol. The van der Waals surface area contributed by atoms with Crippen molar-refractivity contribution < 1.29 is 9.13 Å². The summed E-state index contributed by atoms with van der Waals surface area (Å²) in [5.74, 6) is -0.00686. The van der Waals surface area contributed by atoms with Crippen LogP contribution in [0.15, 0.2) is 42.9 Å². The molecule has 0 spiro atoms. The van der Waals surface area contributed by atoms with E-state index in [4.69, 9.17) is 50.5 Å². The second kappa shape index (κ2) is 8.75. The van der Waals surface area contributed by atoms with Gasteiger partial charge in [-0.05, 0) is 31.2 Å². The van der Waals surface area contributed by atoms with E-state index in [-0.39, 0.29) is 32.7 Å². The lowest BCUT2D eigenvalue weighted by atomic mass is 9.93. The first-order valence-electron chi connectivity index (χ1n) is 9.95. The van der Waals surface area contributed by atoms with Crippen molar-refractivity contribution in [3.05, 3.63) is 75.4 Å². The zero-order valence-electron chi connectivity index (χ0n) is 17.6. The van der Waals surface area contributed by atoms with E-state index in [9.17, 15) is 4.39 Å². The maximum atomic E-state index is 14.7.